The summed E-state index contributed by atoms with van der Waals surface area (Å²) in [6.45, 7) is 11.4. The lowest BCUT2D eigenvalue weighted by Crippen LogP contribution is -2.35. The van der Waals surface area contributed by atoms with Gasteiger partial charge in [-0.15, -0.1) is 0 Å². The molecule has 1 aromatic heterocycles. The summed E-state index contributed by atoms with van der Waals surface area (Å²) in [6, 6.07) is 24.5. The maximum atomic E-state index is 13.3. The molecule has 6 nitrogen and oxygen atoms in total. The second kappa shape index (κ2) is 11.8. The first-order chi connectivity index (χ1) is 19.4. The molecular weight excluding hydrogens is 496 g/mol. The van der Waals surface area contributed by atoms with Crippen LogP contribution in [0.1, 0.15) is 46.7 Å². The van der Waals surface area contributed by atoms with E-state index in [1.807, 2.05) is 62.4 Å². The number of hydrogen-bond acceptors (Lipinski definition) is 3. The number of likely N-dealkylation sites (N-methyl/N-ethyl adjacent to an activating group) is 1. The summed E-state index contributed by atoms with van der Waals surface area (Å²) in [6.07, 6.45) is 1.88. The fraction of sp³-hybridized carbons (Fsp3) is 0.235. The molecule has 0 fully saturated rings. The average molecular weight is 533 g/mol. The highest BCUT2D eigenvalue weighted by Crippen LogP contribution is 2.43. The van der Waals surface area contributed by atoms with E-state index in [4.69, 9.17) is 0 Å². The Hall–Kier alpha value is -4.42. The Morgan fingerprint density at radius 1 is 0.875 bits per heavy atom. The summed E-state index contributed by atoms with van der Waals surface area (Å²) in [7, 11) is 0. The van der Waals surface area contributed by atoms with Gasteiger partial charge >= 0.3 is 0 Å². The zero-order chi connectivity index (χ0) is 28.2. The molecule has 5 rings (SSSR count). The summed E-state index contributed by atoms with van der Waals surface area (Å²) in [4.78, 5) is 32.1. The molecule has 0 bridgehead atoms. The standard InChI is InChI=1S/C34H36N4O2/c1-5-38(6-2)20-19-35-34(40)31-22(3)30(36-23(31)4)21-28-32-27(17-12-18-29(32)37-33(28)39)26-16-11-10-15-25(26)24-13-8-7-9-14-24/h7-18,21,36H,5-6,19-20H2,1-4H3,(H,35,40)(H,37,39)/b28-21-. The predicted octanol–water partition coefficient (Wildman–Crippen LogP) is 6.53. The van der Waals surface area contributed by atoms with Gasteiger partial charge in [-0.1, -0.05) is 80.6 Å². The van der Waals surface area contributed by atoms with Crippen molar-refractivity contribution in [2.75, 3.05) is 31.5 Å². The van der Waals surface area contributed by atoms with Crippen LogP contribution in [0.25, 0.3) is 33.9 Å². The first kappa shape index (κ1) is 27.2. The lowest BCUT2D eigenvalue weighted by molar-refractivity contribution is -0.110. The Bertz CT molecular complexity index is 1580. The van der Waals surface area contributed by atoms with Crippen molar-refractivity contribution in [3.05, 3.63) is 101 Å². The van der Waals surface area contributed by atoms with Crippen LogP contribution in [0.4, 0.5) is 5.69 Å². The number of anilines is 1. The van der Waals surface area contributed by atoms with Crippen molar-refractivity contribution in [3.63, 3.8) is 0 Å². The minimum Gasteiger partial charge on any atom is -0.358 e. The molecule has 0 atom stereocenters. The third-order valence-corrected chi connectivity index (χ3v) is 7.73. The van der Waals surface area contributed by atoms with Crippen LogP contribution in [-0.2, 0) is 4.79 Å². The highest BCUT2D eigenvalue weighted by Gasteiger charge is 2.29. The van der Waals surface area contributed by atoms with Crippen LogP contribution in [0.5, 0.6) is 0 Å². The molecule has 3 aromatic carbocycles. The van der Waals surface area contributed by atoms with Gasteiger partial charge in [-0.25, -0.2) is 0 Å². The third kappa shape index (κ3) is 5.23. The molecule has 1 aliphatic rings. The fourth-order valence-corrected chi connectivity index (χ4v) is 5.56. The van der Waals surface area contributed by atoms with Gasteiger partial charge in [-0.05, 0) is 66.9 Å². The molecule has 2 amide bonds. The molecule has 0 radical (unpaired) electrons. The second-order valence-electron chi connectivity index (χ2n) is 10.1. The number of rotatable bonds is 9. The van der Waals surface area contributed by atoms with Gasteiger partial charge in [-0.2, -0.15) is 0 Å². The minimum atomic E-state index is -0.156. The zero-order valence-electron chi connectivity index (χ0n) is 23.6. The Labute approximate surface area is 236 Å². The van der Waals surface area contributed by atoms with Crippen molar-refractivity contribution in [2.45, 2.75) is 27.7 Å². The number of aromatic amines is 1. The number of aromatic nitrogens is 1. The first-order valence-corrected chi connectivity index (χ1v) is 13.9. The van der Waals surface area contributed by atoms with E-state index < -0.39 is 0 Å². The van der Waals surface area contributed by atoms with Crippen LogP contribution < -0.4 is 10.6 Å². The molecule has 0 aliphatic carbocycles. The zero-order valence-corrected chi connectivity index (χ0v) is 23.6. The van der Waals surface area contributed by atoms with Gasteiger partial charge in [0.15, 0.2) is 0 Å². The molecule has 0 unspecified atom stereocenters. The van der Waals surface area contributed by atoms with Gasteiger partial charge in [0.25, 0.3) is 11.8 Å². The Kier molecular flexibility index (Phi) is 7.99. The van der Waals surface area contributed by atoms with Crippen molar-refractivity contribution >= 4 is 29.2 Å². The number of nitrogens with zero attached hydrogens (tertiary/aromatic N) is 1. The lowest BCUT2D eigenvalue weighted by atomic mass is 9.89. The smallest absolute Gasteiger partial charge is 0.256 e. The van der Waals surface area contributed by atoms with Crippen LogP contribution in [0.2, 0.25) is 0 Å². The number of benzene rings is 3. The molecule has 0 spiro atoms. The number of carbonyl (C=O) groups excluding carboxylic acids is 2. The molecule has 6 heteroatoms. The van der Waals surface area contributed by atoms with Gasteiger partial charge in [0.05, 0.1) is 11.1 Å². The lowest BCUT2D eigenvalue weighted by Gasteiger charge is -2.18. The number of H-pyrrole nitrogens is 1. The molecule has 3 N–H and O–H groups in total. The van der Waals surface area contributed by atoms with Gasteiger partial charge in [-0.3, -0.25) is 9.59 Å². The van der Waals surface area contributed by atoms with Crippen molar-refractivity contribution in [2.24, 2.45) is 0 Å². The summed E-state index contributed by atoms with van der Waals surface area (Å²) in [5, 5.41) is 6.11. The SMILES string of the molecule is CCN(CC)CCNC(=O)c1c(C)[nH]c(/C=C2\C(=O)Nc3cccc(-c4ccccc4-c4ccccc4)c32)c1C. The molecule has 2 heterocycles. The Balaban J connectivity index is 1.52. The summed E-state index contributed by atoms with van der Waals surface area (Å²) < 4.78 is 0. The van der Waals surface area contributed by atoms with Crippen LogP contribution in [0, 0.1) is 13.8 Å². The molecule has 4 aromatic rings. The van der Waals surface area contributed by atoms with Gasteiger partial charge in [0, 0.05) is 35.7 Å². The number of carbonyl (C=O) groups is 2. The van der Waals surface area contributed by atoms with Crippen LogP contribution in [0.3, 0.4) is 0 Å². The first-order valence-electron chi connectivity index (χ1n) is 13.9. The van der Waals surface area contributed by atoms with E-state index in [0.29, 0.717) is 17.7 Å². The van der Waals surface area contributed by atoms with Gasteiger partial charge in [0.2, 0.25) is 0 Å². The average Bonchev–Trinajstić information content (AvgIpc) is 3.45. The number of fused-ring (bicyclic) bond motifs is 1. The maximum Gasteiger partial charge on any atom is 0.256 e. The van der Waals surface area contributed by atoms with E-state index >= 15 is 0 Å². The highest BCUT2D eigenvalue weighted by molar-refractivity contribution is 6.36. The minimum absolute atomic E-state index is 0.100. The summed E-state index contributed by atoms with van der Waals surface area (Å²) in [5.74, 6) is -0.256. The van der Waals surface area contributed by atoms with Crippen LogP contribution in [0.15, 0.2) is 72.8 Å². The molecule has 1 aliphatic heterocycles. The van der Waals surface area contributed by atoms with Crippen LogP contribution >= 0.6 is 0 Å². The normalized spacial score (nSPS) is 13.5. The Morgan fingerprint density at radius 3 is 2.27 bits per heavy atom. The van der Waals surface area contributed by atoms with E-state index in [1.165, 1.54) is 0 Å². The highest BCUT2D eigenvalue weighted by atomic mass is 16.2. The number of amides is 2. The van der Waals surface area contributed by atoms with E-state index in [2.05, 4.69) is 64.7 Å². The third-order valence-electron chi connectivity index (χ3n) is 7.73. The maximum absolute atomic E-state index is 13.3. The van der Waals surface area contributed by atoms with Crippen molar-refractivity contribution in [3.8, 4) is 22.3 Å². The van der Waals surface area contributed by atoms with Crippen molar-refractivity contribution < 1.29 is 9.59 Å². The molecule has 40 heavy (non-hydrogen) atoms. The largest absolute Gasteiger partial charge is 0.358 e. The monoisotopic (exact) mass is 532 g/mol. The quantitative estimate of drug-likeness (QED) is 0.215. The topological polar surface area (TPSA) is 77.2 Å². The predicted molar refractivity (Wildman–Crippen MR) is 164 cm³/mol. The Morgan fingerprint density at radius 2 is 1.55 bits per heavy atom. The molecule has 0 saturated heterocycles. The summed E-state index contributed by atoms with van der Waals surface area (Å²) in [5.41, 5.74) is 9.49. The van der Waals surface area contributed by atoms with E-state index in [1.54, 1.807) is 0 Å². The summed E-state index contributed by atoms with van der Waals surface area (Å²) >= 11 is 0. The van der Waals surface area contributed by atoms with Crippen molar-refractivity contribution in [1.82, 2.24) is 15.2 Å². The number of aryl methyl sites for hydroxylation is 1. The molecular formula is C34H36N4O2. The van der Waals surface area contributed by atoms with Crippen LogP contribution in [-0.4, -0.2) is 47.9 Å². The number of nitrogens with one attached hydrogen (secondary N) is 3. The second-order valence-corrected chi connectivity index (χ2v) is 10.1. The van der Waals surface area contributed by atoms with E-state index in [-0.39, 0.29) is 11.8 Å². The van der Waals surface area contributed by atoms with Crippen molar-refractivity contribution in [1.29, 1.82) is 0 Å². The van der Waals surface area contributed by atoms with Gasteiger partial charge in [0.1, 0.15) is 0 Å². The van der Waals surface area contributed by atoms with Gasteiger partial charge < -0.3 is 20.5 Å². The number of hydrogen-bond donors (Lipinski definition) is 3. The fourth-order valence-electron chi connectivity index (χ4n) is 5.56. The molecule has 204 valence electrons. The molecule has 0 saturated carbocycles. The van der Waals surface area contributed by atoms with E-state index in [9.17, 15) is 9.59 Å². The van der Waals surface area contributed by atoms with E-state index in [0.717, 1.165) is 70.1 Å².